The summed E-state index contributed by atoms with van der Waals surface area (Å²) in [6.45, 7) is 0.727. The van der Waals surface area contributed by atoms with E-state index in [1.54, 1.807) is 30.3 Å². The summed E-state index contributed by atoms with van der Waals surface area (Å²) in [5.74, 6) is -0.272. The van der Waals surface area contributed by atoms with Crippen molar-refractivity contribution in [2.45, 2.75) is 19.1 Å². The van der Waals surface area contributed by atoms with Gasteiger partial charge in [-0.05, 0) is 42.2 Å². The van der Waals surface area contributed by atoms with Crippen molar-refractivity contribution in [2.24, 2.45) is 0 Å². The molecule has 1 heterocycles. The van der Waals surface area contributed by atoms with E-state index in [1.165, 1.54) is 25.2 Å². The van der Waals surface area contributed by atoms with Crippen molar-refractivity contribution in [3.63, 3.8) is 0 Å². The maximum atomic E-state index is 12.2. The minimum atomic E-state index is -1.04. The number of aromatic nitrogens is 1. The van der Waals surface area contributed by atoms with Gasteiger partial charge in [0.2, 0.25) is 0 Å². The van der Waals surface area contributed by atoms with Crippen LogP contribution < -0.4 is 10.2 Å². The molecule has 10 nitrogen and oxygen atoms in total. The lowest BCUT2D eigenvalue weighted by Gasteiger charge is -2.19. The Kier molecular flexibility index (Phi) is 8.63. The number of aromatic hydroxyl groups is 1. The Labute approximate surface area is 199 Å². The third-order valence-corrected chi connectivity index (χ3v) is 6.36. The third kappa shape index (κ3) is 6.34. The zero-order valence-corrected chi connectivity index (χ0v) is 19.7. The van der Waals surface area contributed by atoms with Gasteiger partial charge in [0.25, 0.3) is 5.91 Å². The monoisotopic (exact) mass is 489 g/mol. The molecule has 11 heteroatoms. The first-order chi connectivity index (χ1) is 16.3. The Balaban J connectivity index is 1.57. The van der Waals surface area contributed by atoms with Crippen LogP contribution in [0.15, 0.2) is 41.2 Å². The number of fused-ring (bicyclic) bond motifs is 1. The molecule has 0 bridgehead atoms. The molecule has 1 aromatic heterocycles. The average molecular weight is 490 g/mol. The van der Waals surface area contributed by atoms with Crippen molar-refractivity contribution >= 4 is 33.6 Å². The molecule has 4 N–H and O–H groups in total. The van der Waals surface area contributed by atoms with Crippen LogP contribution in [0.25, 0.3) is 10.2 Å². The fraction of sp³-hybridized carbons (Fsp3) is 0.348. The highest BCUT2D eigenvalue weighted by Crippen LogP contribution is 2.28. The van der Waals surface area contributed by atoms with Gasteiger partial charge in [-0.25, -0.2) is 4.79 Å². The van der Waals surface area contributed by atoms with Crippen LogP contribution in [0.2, 0.25) is 0 Å². The second-order valence-electron chi connectivity index (χ2n) is 7.54. The van der Waals surface area contributed by atoms with Gasteiger partial charge >= 0.3 is 11.0 Å². The largest absolute Gasteiger partial charge is 0.506 e. The highest BCUT2D eigenvalue weighted by molar-refractivity contribution is 7.16. The highest BCUT2D eigenvalue weighted by Gasteiger charge is 2.15. The molecule has 0 saturated heterocycles. The van der Waals surface area contributed by atoms with E-state index in [4.69, 9.17) is 9.47 Å². The van der Waals surface area contributed by atoms with Crippen LogP contribution in [0.1, 0.15) is 21.5 Å². The maximum Gasteiger partial charge on any atom is 0.407 e. The summed E-state index contributed by atoms with van der Waals surface area (Å²) in [7, 11) is 2.98. The SMILES string of the molecule is COC(CNC(=O)c1ccc(CCN(CCc2ccc(O)c3[nH]c(=O)sc23)C(=O)O)cc1)OC. The fourth-order valence-electron chi connectivity index (χ4n) is 3.46. The van der Waals surface area contributed by atoms with Gasteiger partial charge in [-0.2, -0.15) is 0 Å². The summed E-state index contributed by atoms with van der Waals surface area (Å²) >= 11 is 0.991. The van der Waals surface area contributed by atoms with Gasteiger partial charge in [-0.3, -0.25) is 9.59 Å². The van der Waals surface area contributed by atoms with Crippen LogP contribution in [0.3, 0.4) is 0 Å². The molecule has 0 fully saturated rings. The summed E-state index contributed by atoms with van der Waals surface area (Å²) < 4.78 is 10.7. The van der Waals surface area contributed by atoms with Crippen molar-refractivity contribution in [1.82, 2.24) is 15.2 Å². The molecule has 3 rings (SSSR count). The van der Waals surface area contributed by atoms with E-state index in [0.29, 0.717) is 28.6 Å². The number of rotatable bonds is 11. The quantitative estimate of drug-likeness (QED) is 0.303. The van der Waals surface area contributed by atoms with E-state index < -0.39 is 12.4 Å². The number of carbonyl (C=O) groups excluding carboxylic acids is 1. The van der Waals surface area contributed by atoms with Crippen LogP contribution in [0, 0.1) is 0 Å². The molecular formula is C23H27N3O7S. The van der Waals surface area contributed by atoms with Crippen LogP contribution in [0.4, 0.5) is 4.79 Å². The van der Waals surface area contributed by atoms with Crippen molar-refractivity contribution in [3.05, 3.63) is 62.8 Å². The summed E-state index contributed by atoms with van der Waals surface area (Å²) in [5.41, 5.74) is 2.54. The molecule has 2 aromatic carbocycles. The van der Waals surface area contributed by atoms with Gasteiger partial charge in [0.05, 0.1) is 11.2 Å². The number of thiazole rings is 1. The molecule has 0 saturated carbocycles. The van der Waals surface area contributed by atoms with E-state index in [-0.39, 0.29) is 36.2 Å². The molecule has 0 unspecified atom stereocenters. The molecule has 0 aliphatic rings. The third-order valence-electron chi connectivity index (χ3n) is 5.40. The number of H-pyrrole nitrogens is 1. The second kappa shape index (κ2) is 11.6. The molecule has 2 amide bonds. The molecule has 0 aliphatic heterocycles. The average Bonchev–Trinajstić information content (AvgIpc) is 3.23. The predicted octanol–water partition coefficient (Wildman–Crippen LogP) is 2.41. The fourth-order valence-corrected chi connectivity index (χ4v) is 4.35. The standard InChI is InChI=1S/C23H27N3O7S/c1-32-18(33-2)13-24-21(28)16-5-3-14(4-6-16)9-11-26(23(30)31)12-10-15-7-8-17(27)19-20(15)34-22(29)25-19/h3-8,18,27H,9-13H2,1-2H3,(H,24,28)(H,25,29)(H,30,31). The number of hydrogen-bond donors (Lipinski definition) is 4. The summed E-state index contributed by atoms with van der Waals surface area (Å²) in [6.07, 6.45) is -0.686. The molecule has 34 heavy (non-hydrogen) atoms. The maximum absolute atomic E-state index is 12.2. The number of phenols is 1. The molecule has 0 spiro atoms. The van der Waals surface area contributed by atoms with Crippen LogP contribution >= 0.6 is 11.3 Å². The van der Waals surface area contributed by atoms with Gasteiger partial charge in [0.15, 0.2) is 6.29 Å². The van der Waals surface area contributed by atoms with Gasteiger partial charge in [0.1, 0.15) is 11.3 Å². The number of carboxylic acid groups (broad SMARTS) is 1. The number of ether oxygens (including phenoxy) is 2. The van der Waals surface area contributed by atoms with Gasteiger partial charge < -0.3 is 34.9 Å². The van der Waals surface area contributed by atoms with E-state index in [1.807, 2.05) is 0 Å². The number of phenolic OH excluding ortho intramolecular Hbond substituents is 1. The first-order valence-corrected chi connectivity index (χ1v) is 11.4. The number of hydrogen-bond acceptors (Lipinski definition) is 7. The van der Waals surface area contributed by atoms with Gasteiger partial charge in [0, 0.05) is 32.9 Å². The normalized spacial score (nSPS) is 11.1. The number of amides is 2. The van der Waals surface area contributed by atoms with E-state index in [2.05, 4.69) is 10.3 Å². The number of carbonyl (C=O) groups is 2. The first kappa shape index (κ1) is 25.2. The minimum Gasteiger partial charge on any atom is -0.506 e. The summed E-state index contributed by atoms with van der Waals surface area (Å²) in [5, 5.41) is 22.2. The topological polar surface area (TPSA) is 141 Å². The number of aromatic amines is 1. The van der Waals surface area contributed by atoms with Gasteiger partial charge in [-0.15, -0.1) is 0 Å². The van der Waals surface area contributed by atoms with Crippen LogP contribution in [-0.2, 0) is 22.3 Å². The molecule has 0 radical (unpaired) electrons. The van der Waals surface area contributed by atoms with Gasteiger partial charge in [-0.1, -0.05) is 29.5 Å². The first-order valence-electron chi connectivity index (χ1n) is 10.6. The number of nitrogens with one attached hydrogen (secondary N) is 2. The smallest absolute Gasteiger partial charge is 0.407 e. The van der Waals surface area contributed by atoms with Crippen LogP contribution in [-0.4, -0.2) is 72.2 Å². The van der Waals surface area contributed by atoms with E-state index in [0.717, 1.165) is 22.5 Å². The highest BCUT2D eigenvalue weighted by atomic mass is 32.1. The Hall–Kier alpha value is -3.41. The summed E-state index contributed by atoms with van der Waals surface area (Å²) in [6, 6.07) is 10.1. The Morgan fingerprint density at radius 2 is 1.76 bits per heavy atom. The van der Waals surface area contributed by atoms with Crippen LogP contribution in [0.5, 0.6) is 5.75 Å². The Morgan fingerprint density at radius 3 is 2.41 bits per heavy atom. The lowest BCUT2D eigenvalue weighted by Crippen LogP contribution is -2.34. The zero-order valence-electron chi connectivity index (χ0n) is 18.9. The van der Waals surface area contributed by atoms with Crippen molar-refractivity contribution in [1.29, 1.82) is 0 Å². The van der Waals surface area contributed by atoms with Crippen molar-refractivity contribution < 1.29 is 29.3 Å². The number of nitrogens with zero attached hydrogens (tertiary/aromatic N) is 1. The zero-order chi connectivity index (χ0) is 24.7. The molecule has 3 aromatic rings. The Morgan fingerprint density at radius 1 is 1.09 bits per heavy atom. The van der Waals surface area contributed by atoms with Crippen molar-refractivity contribution in [3.8, 4) is 5.75 Å². The molecule has 0 atom stereocenters. The predicted molar refractivity (Wildman–Crippen MR) is 128 cm³/mol. The molecular weight excluding hydrogens is 462 g/mol. The Bertz CT molecular complexity index is 1190. The van der Waals surface area contributed by atoms with Crippen molar-refractivity contribution in [2.75, 3.05) is 33.9 Å². The molecule has 0 aliphatic carbocycles. The summed E-state index contributed by atoms with van der Waals surface area (Å²) in [4.78, 5) is 39.3. The minimum absolute atomic E-state index is 0.0125. The lowest BCUT2D eigenvalue weighted by molar-refractivity contribution is -0.0974. The second-order valence-corrected chi connectivity index (χ2v) is 8.52. The number of methoxy groups -OCH3 is 2. The van der Waals surface area contributed by atoms with E-state index >= 15 is 0 Å². The lowest BCUT2D eigenvalue weighted by atomic mass is 10.1. The van der Waals surface area contributed by atoms with E-state index in [9.17, 15) is 24.6 Å². The molecule has 182 valence electrons. The number of benzene rings is 2.